The van der Waals surface area contributed by atoms with Crippen LogP contribution in [-0.2, 0) is 4.74 Å². The van der Waals surface area contributed by atoms with E-state index in [2.05, 4.69) is 4.98 Å². The fraction of sp³-hybridized carbons (Fsp3) is 0.105. The van der Waals surface area contributed by atoms with Gasteiger partial charge in [-0.15, -0.1) is 0 Å². The number of hydrogen-bond acceptors (Lipinski definition) is 3. The van der Waals surface area contributed by atoms with Crippen molar-refractivity contribution in [3.05, 3.63) is 85.1 Å². The SMILES string of the molecule is O=C(OCCN(n1cccc1)n1cccc1)c1cc2ccccc2[nH]1. The lowest BCUT2D eigenvalue weighted by atomic mass is 10.2. The number of aromatic amines is 1. The van der Waals surface area contributed by atoms with E-state index >= 15 is 0 Å². The molecule has 0 atom stereocenters. The van der Waals surface area contributed by atoms with Gasteiger partial charge in [0.15, 0.2) is 0 Å². The fourth-order valence-electron chi connectivity index (χ4n) is 2.79. The van der Waals surface area contributed by atoms with Crippen LogP contribution >= 0.6 is 0 Å². The highest BCUT2D eigenvalue weighted by molar-refractivity contribution is 5.94. The molecule has 0 radical (unpaired) electrons. The molecule has 0 aliphatic heterocycles. The molecule has 126 valence electrons. The van der Waals surface area contributed by atoms with Gasteiger partial charge in [-0.05, 0) is 36.4 Å². The topological polar surface area (TPSA) is 55.2 Å². The van der Waals surface area contributed by atoms with Crippen molar-refractivity contribution in [2.24, 2.45) is 0 Å². The van der Waals surface area contributed by atoms with Gasteiger partial charge in [0.1, 0.15) is 12.3 Å². The zero-order valence-electron chi connectivity index (χ0n) is 13.6. The van der Waals surface area contributed by atoms with E-state index in [0.29, 0.717) is 12.2 Å². The molecule has 4 rings (SSSR count). The van der Waals surface area contributed by atoms with E-state index in [1.54, 1.807) is 0 Å². The van der Waals surface area contributed by atoms with Crippen molar-refractivity contribution in [2.75, 3.05) is 18.3 Å². The molecule has 0 saturated heterocycles. The van der Waals surface area contributed by atoms with Crippen LogP contribution in [0.2, 0.25) is 0 Å². The monoisotopic (exact) mass is 334 g/mol. The Kier molecular flexibility index (Phi) is 4.00. The van der Waals surface area contributed by atoms with E-state index in [1.165, 1.54) is 0 Å². The van der Waals surface area contributed by atoms with Crippen molar-refractivity contribution in [1.29, 1.82) is 0 Å². The highest BCUT2D eigenvalue weighted by Crippen LogP contribution is 2.15. The molecule has 0 aliphatic rings. The Bertz CT molecular complexity index is 887. The second kappa shape index (κ2) is 6.60. The predicted octanol–water partition coefficient (Wildman–Crippen LogP) is 3.03. The van der Waals surface area contributed by atoms with Crippen molar-refractivity contribution in [1.82, 2.24) is 14.3 Å². The molecule has 0 fully saturated rings. The van der Waals surface area contributed by atoms with Crippen molar-refractivity contribution in [3.8, 4) is 0 Å². The van der Waals surface area contributed by atoms with E-state index in [0.717, 1.165) is 10.9 Å². The number of hydrogen-bond donors (Lipinski definition) is 1. The third-order valence-corrected chi connectivity index (χ3v) is 3.98. The van der Waals surface area contributed by atoms with Crippen LogP contribution in [0.1, 0.15) is 10.5 Å². The number of fused-ring (bicyclic) bond motifs is 1. The molecular weight excluding hydrogens is 316 g/mol. The normalized spacial score (nSPS) is 10.9. The Hall–Kier alpha value is -3.41. The first kappa shape index (κ1) is 15.1. The smallest absolute Gasteiger partial charge is 0.354 e. The highest BCUT2D eigenvalue weighted by Gasteiger charge is 2.12. The summed E-state index contributed by atoms with van der Waals surface area (Å²) < 4.78 is 9.33. The maximum Gasteiger partial charge on any atom is 0.354 e. The van der Waals surface area contributed by atoms with Crippen molar-refractivity contribution in [2.45, 2.75) is 0 Å². The van der Waals surface area contributed by atoms with Crippen LogP contribution in [0.4, 0.5) is 0 Å². The average Bonchev–Trinajstić information content (AvgIpc) is 3.39. The minimum Gasteiger partial charge on any atom is -0.459 e. The first-order valence-corrected chi connectivity index (χ1v) is 8.10. The van der Waals surface area contributed by atoms with Crippen molar-refractivity contribution >= 4 is 16.9 Å². The maximum atomic E-state index is 12.3. The first-order chi connectivity index (χ1) is 12.3. The van der Waals surface area contributed by atoms with E-state index < -0.39 is 0 Å². The summed E-state index contributed by atoms with van der Waals surface area (Å²) in [4.78, 5) is 15.4. The number of carbonyl (C=O) groups is 1. The average molecular weight is 334 g/mol. The lowest BCUT2D eigenvalue weighted by molar-refractivity contribution is 0.0502. The molecule has 0 amide bonds. The van der Waals surface area contributed by atoms with Gasteiger partial charge in [0, 0.05) is 35.7 Å². The molecule has 0 saturated carbocycles. The van der Waals surface area contributed by atoms with Gasteiger partial charge in [0.25, 0.3) is 0 Å². The summed E-state index contributed by atoms with van der Waals surface area (Å²) in [5.41, 5.74) is 1.39. The highest BCUT2D eigenvalue weighted by atomic mass is 16.5. The summed E-state index contributed by atoms with van der Waals surface area (Å²) >= 11 is 0. The lowest BCUT2D eigenvalue weighted by Crippen LogP contribution is -2.40. The van der Waals surface area contributed by atoms with Crippen molar-refractivity contribution in [3.63, 3.8) is 0 Å². The Balaban J connectivity index is 1.42. The van der Waals surface area contributed by atoms with Gasteiger partial charge in [-0.2, -0.15) is 0 Å². The zero-order valence-corrected chi connectivity index (χ0v) is 13.6. The molecule has 0 bridgehead atoms. The van der Waals surface area contributed by atoms with Crippen LogP contribution in [0.5, 0.6) is 0 Å². The number of ether oxygens (including phenoxy) is 1. The minimum absolute atomic E-state index is 0.268. The molecule has 3 aromatic heterocycles. The molecule has 3 heterocycles. The molecule has 6 heteroatoms. The molecule has 1 N–H and O–H groups in total. The van der Waals surface area contributed by atoms with Gasteiger partial charge < -0.3 is 9.72 Å². The number of H-pyrrole nitrogens is 1. The number of aromatic nitrogens is 3. The Morgan fingerprint density at radius 3 is 2.24 bits per heavy atom. The number of benzene rings is 1. The molecule has 6 nitrogen and oxygen atoms in total. The minimum atomic E-state index is -0.351. The van der Waals surface area contributed by atoms with Crippen LogP contribution in [0.3, 0.4) is 0 Å². The summed E-state index contributed by atoms with van der Waals surface area (Å²) in [5, 5.41) is 2.97. The second-order valence-corrected chi connectivity index (χ2v) is 5.63. The van der Waals surface area contributed by atoms with Gasteiger partial charge >= 0.3 is 5.97 Å². The van der Waals surface area contributed by atoms with Crippen LogP contribution < -0.4 is 5.12 Å². The zero-order chi connectivity index (χ0) is 17.1. The number of para-hydroxylation sites is 1. The standard InChI is InChI=1S/C19H18N4O2/c24-19(18-15-16-7-1-2-8-17(16)20-18)25-14-13-23(21-9-3-4-10-21)22-11-5-6-12-22/h1-12,15,20H,13-14H2. The fourth-order valence-corrected chi connectivity index (χ4v) is 2.79. The first-order valence-electron chi connectivity index (χ1n) is 8.10. The Morgan fingerprint density at radius 1 is 0.960 bits per heavy atom. The van der Waals surface area contributed by atoms with Crippen LogP contribution in [0.15, 0.2) is 79.4 Å². The molecular formula is C19H18N4O2. The summed E-state index contributed by atoms with van der Waals surface area (Å²) in [5.74, 6) is -0.351. The summed E-state index contributed by atoms with van der Waals surface area (Å²) in [7, 11) is 0. The summed E-state index contributed by atoms with van der Waals surface area (Å²) in [6, 6.07) is 17.4. The van der Waals surface area contributed by atoms with Gasteiger partial charge in [0.2, 0.25) is 0 Å². The number of rotatable bonds is 6. The van der Waals surface area contributed by atoms with Crippen LogP contribution in [0, 0.1) is 0 Å². The second-order valence-electron chi connectivity index (χ2n) is 5.63. The number of nitrogens with zero attached hydrogens (tertiary/aromatic N) is 3. The molecule has 0 unspecified atom stereocenters. The van der Waals surface area contributed by atoms with E-state index in [4.69, 9.17) is 4.74 Å². The van der Waals surface area contributed by atoms with Crippen LogP contribution in [-0.4, -0.2) is 33.5 Å². The molecule has 4 aromatic rings. The summed E-state index contributed by atoms with van der Waals surface area (Å²) in [6.45, 7) is 0.792. The van der Waals surface area contributed by atoms with E-state index in [1.807, 2.05) is 93.9 Å². The molecule has 1 aromatic carbocycles. The maximum absolute atomic E-state index is 12.3. The number of esters is 1. The quantitative estimate of drug-likeness (QED) is 0.552. The Labute approximate surface area is 144 Å². The van der Waals surface area contributed by atoms with Crippen molar-refractivity contribution < 1.29 is 9.53 Å². The molecule has 0 spiro atoms. The number of nitrogens with one attached hydrogen (secondary N) is 1. The van der Waals surface area contributed by atoms with E-state index in [9.17, 15) is 4.79 Å². The van der Waals surface area contributed by atoms with E-state index in [-0.39, 0.29) is 12.6 Å². The van der Waals surface area contributed by atoms with Gasteiger partial charge in [-0.3, -0.25) is 9.35 Å². The van der Waals surface area contributed by atoms with Gasteiger partial charge in [-0.25, -0.2) is 9.91 Å². The molecule has 0 aliphatic carbocycles. The summed E-state index contributed by atoms with van der Waals surface area (Å²) in [6.07, 6.45) is 7.78. The number of carbonyl (C=O) groups excluding carboxylic acids is 1. The predicted molar refractivity (Wildman–Crippen MR) is 95.9 cm³/mol. The molecule has 25 heavy (non-hydrogen) atoms. The van der Waals surface area contributed by atoms with Gasteiger partial charge in [0.05, 0.1) is 6.54 Å². The van der Waals surface area contributed by atoms with Crippen LogP contribution in [0.25, 0.3) is 10.9 Å². The Morgan fingerprint density at radius 2 is 1.60 bits per heavy atom. The third kappa shape index (κ3) is 3.14. The third-order valence-electron chi connectivity index (χ3n) is 3.98. The van der Waals surface area contributed by atoms with Gasteiger partial charge in [-0.1, -0.05) is 18.2 Å². The lowest BCUT2D eigenvalue weighted by Gasteiger charge is -2.26. The largest absolute Gasteiger partial charge is 0.459 e.